The van der Waals surface area contributed by atoms with Crippen LogP contribution >= 0.6 is 11.3 Å². The lowest BCUT2D eigenvalue weighted by molar-refractivity contribution is 0.621. The van der Waals surface area contributed by atoms with Crippen LogP contribution in [0.25, 0.3) is 33.4 Å². The lowest BCUT2D eigenvalue weighted by Crippen LogP contribution is -2.13. The second-order valence-electron chi connectivity index (χ2n) is 8.11. The molecule has 3 aromatic heterocycles. The standard InChI is InChI=1S/C26H24FN5S/c1-16-4-9-22(27)26-21(16)12-17(2)32(26)11-10-28-25-13-23(29-15-30-25)19-5-7-20(8-6-19)24-14-33-18(3)31-24/h4-9,12-15H,10-11H2,1-3H3,(H,28,29,30). The third kappa shape index (κ3) is 4.24. The molecule has 5 rings (SSSR count). The Kier molecular flexibility index (Phi) is 5.64. The van der Waals surface area contributed by atoms with Crippen LogP contribution in [0, 0.1) is 26.6 Å². The molecule has 5 aromatic rings. The van der Waals surface area contributed by atoms with E-state index in [1.165, 1.54) is 0 Å². The van der Waals surface area contributed by atoms with Crippen molar-refractivity contribution in [1.29, 1.82) is 0 Å². The molecule has 0 aliphatic rings. The van der Waals surface area contributed by atoms with Crippen LogP contribution in [0.3, 0.4) is 0 Å². The van der Waals surface area contributed by atoms with Gasteiger partial charge in [-0.3, -0.25) is 0 Å². The number of aromatic nitrogens is 4. The second kappa shape index (κ2) is 8.75. The minimum Gasteiger partial charge on any atom is -0.368 e. The summed E-state index contributed by atoms with van der Waals surface area (Å²) >= 11 is 1.65. The smallest absolute Gasteiger partial charge is 0.147 e. The molecule has 7 heteroatoms. The molecule has 0 aliphatic heterocycles. The lowest BCUT2D eigenvalue weighted by Gasteiger charge is -2.11. The second-order valence-corrected chi connectivity index (χ2v) is 9.17. The van der Waals surface area contributed by atoms with Crippen LogP contribution in [-0.2, 0) is 6.54 Å². The van der Waals surface area contributed by atoms with E-state index < -0.39 is 0 Å². The van der Waals surface area contributed by atoms with E-state index in [2.05, 4.69) is 49.9 Å². The van der Waals surface area contributed by atoms with Crippen molar-refractivity contribution in [2.45, 2.75) is 27.3 Å². The predicted octanol–water partition coefficient (Wildman–Crippen LogP) is 6.40. The minimum absolute atomic E-state index is 0.190. The van der Waals surface area contributed by atoms with Crippen molar-refractivity contribution in [3.63, 3.8) is 0 Å². The number of rotatable bonds is 6. The van der Waals surface area contributed by atoms with Gasteiger partial charge in [-0.2, -0.15) is 0 Å². The van der Waals surface area contributed by atoms with E-state index in [9.17, 15) is 4.39 Å². The molecule has 0 aliphatic carbocycles. The molecule has 0 fully saturated rings. The van der Waals surface area contributed by atoms with E-state index in [0.717, 1.165) is 50.0 Å². The van der Waals surface area contributed by atoms with Crippen LogP contribution in [-0.4, -0.2) is 26.1 Å². The number of halogens is 1. The van der Waals surface area contributed by atoms with Gasteiger partial charge in [0.2, 0.25) is 0 Å². The molecule has 0 saturated heterocycles. The Labute approximate surface area is 196 Å². The number of anilines is 1. The summed E-state index contributed by atoms with van der Waals surface area (Å²) in [6, 6.07) is 15.6. The van der Waals surface area contributed by atoms with E-state index >= 15 is 0 Å². The summed E-state index contributed by atoms with van der Waals surface area (Å²) in [6.45, 7) is 7.29. The monoisotopic (exact) mass is 457 g/mol. The molecule has 3 heterocycles. The molecule has 0 saturated carbocycles. The highest BCUT2D eigenvalue weighted by molar-refractivity contribution is 7.09. The Bertz CT molecular complexity index is 1440. The SMILES string of the molecule is Cc1nc(-c2ccc(-c3cc(NCCn4c(C)cc5c(C)ccc(F)c54)ncn3)cc2)cs1. The molecule has 0 radical (unpaired) electrons. The fourth-order valence-electron chi connectivity index (χ4n) is 4.11. The summed E-state index contributed by atoms with van der Waals surface area (Å²) < 4.78 is 16.5. The Morgan fingerprint density at radius 1 is 0.939 bits per heavy atom. The van der Waals surface area contributed by atoms with Crippen LogP contribution in [0.15, 0.2) is 60.2 Å². The third-order valence-corrected chi connectivity index (χ3v) is 6.61. The van der Waals surface area contributed by atoms with E-state index in [1.54, 1.807) is 23.7 Å². The summed E-state index contributed by atoms with van der Waals surface area (Å²) in [5.41, 5.74) is 6.73. The fraction of sp³-hybridized carbons (Fsp3) is 0.192. The topological polar surface area (TPSA) is 55.6 Å². The first kappa shape index (κ1) is 21.3. The minimum atomic E-state index is -0.190. The van der Waals surface area contributed by atoms with Gasteiger partial charge < -0.3 is 9.88 Å². The summed E-state index contributed by atoms with van der Waals surface area (Å²) in [5.74, 6) is 0.550. The van der Waals surface area contributed by atoms with Gasteiger partial charge in [-0.05, 0) is 38.5 Å². The van der Waals surface area contributed by atoms with Crippen LogP contribution in [0.5, 0.6) is 0 Å². The molecule has 1 N–H and O–H groups in total. The molecule has 0 atom stereocenters. The molecule has 5 nitrogen and oxygen atoms in total. The third-order valence-electron chi connectivity index (χ3n) is 5.84. The number of thiazole rings is 1. The van der Waals surface area contributed by atoms with E-state index in [1.807, 2.05) is 43.5 Å². The molecule has 0 bridgehead atoms. The van der Waals surface area contributed by atoms with Crippen molar-refractivity contribution < 1.29 is 4.39 Å². The van der Waals surface area contributed by atoms with Crippen molar-refractivity contribution in [3.05, 3.63) is 82.3 Å². The summed E-state index contributed by atoms with van der Waals surface area (Å²) in [6.07, 6.45) is 1.56. The van der Waals surface area contributed by atoms with Crippen LogP contribution in [0.1, 0.15) is 16.3 Å². The number of nitrogens with zero attached hydrogens (tertiary/aromatic N) is 4. The first-order valence-electron chi connectivity index (χ1n) is 10.8. The number of benzene rings is 2. The van der Waals surface area contributed by atoms with Gasteiger partial charge >= 0.3 is 0 Å². The lowest BCUT2D eigenvalue weighted by atomic mass is 10.1. The van der Waals surface area contributed by atoms with Gasteiger partial charge in [-0.25, -0.2) is 19.3 Å². The van der Waals surface area contributed by atoms with Gasteiger partial charge in [-0.15, -0.1) is 11.3 Å². The highest BCUT2D eigenvalue weighted by Crippen LogP contribution is 2.27. The quantitative estimate of drug-likeness (QED) is 0.321. The average Bonchev–Trinajstić information content (AvgIpc) is 3.41. The molecule has 0 amide bonds. The predicted molar refractivity (Wildman–Crippen MR) is 133 cm³/mol. The molecule has 166 valence electrons. The van der Waals surface area contributed by atoms with Crippen molar-refractivity contribution in [2.24, 2.45) is 0 Å². The summed E-state index contributed by atoms with van der Waals surface area (Å²) in [7, 11) is 0. The van der Waals surface area contributed by atoms with Gasteiger partial charge in [-0.1, -0.05) is 30.3 Å². The van der Waals surface area contributed by atoms with Gasteiger partial charge in [0.25, 0.3) is 0 Å². The van der Waals surface area contributed by atoms with E-state index in [-0.39, 0.29) is 5.82 Å². The first-order chi connectivity index (χ1) is 16.0. The maximum absolute atomic E-state index is 14.5. The van der Waals surface area contributed by atoms with Crippen LogP contribution in [0.2, 0.25) is 0 Å². The molecule has 0 unspecified atom stereocenters. The van der Waals surface area contributed by atoms with Crippen LogP contribution in [0.4, 0.5) is 10.2 Å². The molecule has 33 heavy (non-hydrogen) atoms. The largest absolute Gasteiger partial charge is 0.368 e. The number of nitrogens with one attached hydrogen (secondary N) is 1. The molecule has 0 spiro atoms. The molecular formula is C26H24FN5S. The van der Waals surface area contributed by atoms with Crippen molar-refractivity contribution in [2.75, 3.05) is 11.9 Å². The zero-order valence-electron chi connectivity index (χ0n) is 18.8. The van der Waals surface area contributed by atoms with Crippen molar-refractivity contribution in [1.82, 2.24) is 19.5 Å². The number of hydrogen-bond donors (Lipinski definition) is 1. The zero-order valence-corrected chi connectivity index (χ0v) is 19.6. The van der Waals surface area contributed by atoms with Crippen molar-refractivity contribution in [3.8, 4) is 22.5 Å². The number of aryl methyl sites for hydroxylation is 3. The van der Waals surface area contributed by atoms with Gasteiger partial charge in [0.15, 0.2) is 0 Å². The van der Waals surface area contributed by atoms with Gasteiger partial charge in [0, 0.05) is 46.7 Å². The van der Waals surface area contributed by atoms with Crippen LogP contribution < -0.4 is 5.32 Å². The fourth-order valence-corrected chi connectivity index (χ4v) is 4.73. The van der Waals surface area contributed by atoms with Gasteiger partial charge in [0.05, 0.1) is 21.9 Å². The average molecular weight is 458 g/mol. The number of hydrogen-bond acceptors (Lipinski definition) is 5. The highest BCUT2D eigenvalue weighted by Gasteiger charge is 2.12. The van der Waals surface area contributed by atoms with E-state index in [4.69, 9.17) is 0 Å². The molecular weight excluding hydrogens is 433 g/mol. The van der Waals surface area contributed by atoms with E-state index in [0.29, 0.717) is 18.6 Å². The number of fused-ring (bicyclic) bond motifs is 1. The summed E-state index contributed by atoms with van der Waals surface area (Å²) in [4.78, 5) is 13.3. The summed E-state index contributed by atoms with van der Waals surface area (Å²) in [5, 5.41) is 7.45. The molecule has 2 aromatic carbocycles. The van der Waals surface area contributed by atoms with Gasteiger partial charge in [0.1, 0.15) is 18.0 Å². The Morgan fingerprint density at radius 3 is 2.42 bits per heavy atom. The maximum Gasteiger partial charge on any atom is 0.147 e. The Hall–Kier alpha value is -3.58. The normalized spacial score (nSPS) is 11.3. The highest BCUT2D eigenvalue weighted by atomic mass is 32.1. The van der Waals surface area contributed by atoms with Crippen molar-refractivity contribution >= 4 is 28.1 Å². The first-order valence-corrected chi connectivity index (χ1v) is 11.7. The Balaban J connectivity index is 1.30. The Morgan fingerprint density at radius 2 is 1.70 bits per heavy atom. The zero-order chi connectivity index (χ0) is 22.9. The maximum atomic E-state index is 14.5.